The van der Waals surface area contributed by atoms with Gasteiger partial charge < -0.3 is 9.88 Å². The van der Waals surface area contributed by atoms with Gasteiger partial charge in [0.15, 0.2) is 11.1 Å². The Labute approximate surface area is 196 Å². The molecule has 0 fully saturated rings. The van der Waals surface area contributed by atoms with Crippen LogP contribution in [-0.2, 0) is 16.8 Å². The first-order valence-corrected chi connectivity index (χ1v) is 11.3. The minimum absolute atomic E-state index is 0.172. The summed E-state index contributed by atoms with van der Waals surface area (Å²) in [5.41, 5.74) is 3.68. The predicted molar refractivity (Wildman–Crippen MR) is 128 cm³/mol. The number of hydrogen-bond acceptors (Lipinski definition) is 7. The Morgan fingerprint density at radius 1 is 1.15 bits per heavy atom. The maximum absolute atomic E-state index is 12.9. The maximum Gasteiger partial charge on any atom is 0.249 e. The number of fused-ring (bicyclic) bond motifs is 2. The first kappa shape index (κ1) is 21.6. The van der Waals surface area contributed by atoms with Gasteiger partial charge >= 0.3 is 0 Å². The molecule has 0 aliphatic carbocycles. The number of hydrogen-bond donors (Lipinski definition) is 1. The molecule has 3 aromatic heterocycles. The third kappa shape index (κ3) is 3.22. The Balaban J connectivity index is 1.70. The third-order valence-corrected chi connectivity index (χ3v) is 6.18. The van der Waals surface area contributed by atoms with E-state index in [0.717, 1.165) is 11.1 Å². The van der Waals surface area contributed by atoms with E-state index in [9.17, 15) is 10.1 Å². The summed E-state index contributed by atoms with van der Waals surface area (Å²) in [5, 5.41) is 13.0. The topological polar surface area (TPSA) is 122 Å². The smallest absolute Gasteiger partial charge is 0.249 e. The summed E-state index contributed by atoms with van der Waals surface area (Å²) in [7, 11) is 0. The van der Waals surface area contributed by atoms with Crippen molar-refractivity contribution in [1.29, 1.82) is 5.26 Å². The van der Waals surface area contributed by atoms with Crippen molar-refractivity contribution >= 4 is 22.8 Å². The zero-order chi connectivity index (χ0) is 24.0. The van der Waals surface area contributed by atoms with Crippen LogP contribution in [0.25, 0.3) is 33.8 Å². The van der Waals surface area contributed by atoms with Crippen LogP contribution in [0.5, 0.6) is 0 Å². The highest BCUT2D eigenvalue weighted by atomic mass is 16.2. The normalized spacial score (nSPS) is 17.1. The van der Waals surface area contributed by atoms with Crippen LogP contribution < -0.4 is 5.32 Å². The van der Waals surface area contributed by atoms with E-state index in [1.807, 2.05) is 50.5 Å². The Bertz CT molecular complexity index is 1470. The van der Waals surface area contributed by atoms with Gasteiger partial charge in [0.05, 0.1) is 11.6 Å². The molecule has 5 rings (SSSR count). The van der Waals surface area contributed by atoms with E-state index in [0.29, 0.717) is 52.7 Å². The number of nitrogens with zero attached hydrogens (tertiary/aromatic N) is 7. The van der Waals surface area contributed by atoms with E-state index < -0.39 is 5.41 Å². The molecule has 0 saturated carbocycles. The van der Waals surface area contributed by atoms with Crippen molar-refractivity contribution in [1.82, 2.24) is 29.5 Å². The van der Waals surface area contributed by atoms with E-state index in [1.54, 1.807) is 12.4 Å². The molecule has 1 aromatic carbocycles. The van der Waals surface area contributed by atoms with Crippen molar-refractivity contribution in [3.63, 3.8) is 0 Å². The molecule has 170 valence electrons. The molecule has 1 amide bonds. The average Bonchev–Trinajstić information content (AvgIpc) is 3.34. The Hall–Kier alpha value is -4.19. The Morgan fingerprint density at radius 3 is 2.59 bits per heavy atom. The van der Waals surface area contributed by atoms with E-state index in [4.69, 9.17) is 4.98 Å². The number of amides is 1. The number of aromatic nitrogens is 6. The molecule has 1 aliphatic rings. The molecule has 0 spiro atoms. The summed E-state index contributed by atoms with van der Waals surface area (Å²) >= 11 is 0. The van der Waals surface area contributed by atoms with E-state index in [2.05, 4.69) is 31.3 Å². The van der Waals surface area contributed by atoms with Crippen LogP contribution in [0.2, 0.25) is 0 Å². The van der Waals surface area contributed by atoms with Crippen molar-refractivity contribution in [2.24, 2.45) is 5.92 Å². The molecule has 1 N–H and O–H groups in total. The number of benzene rings is 1. The van der Waals surface area contributed by atoms with Crippen LogP contribution in [0.1, 0.15) is 38.6 Å². The molecule has 4 aromatic rings. The Kier molecular flexibility index (Phi) is 5.09. The van der Waals surface area contributed by atoms with E-state index in [-0.39, 0.29) is 11.8 Å². The van der Waals surface area contributed by atoms with Gasteiger partial charge in [-0.25, -0.2) is 24.9 Å². The summed E-state index contributed by atoms with van der Waals surface area (Å²) in [6.07, 6.45) is 5.46. The standard InChI is InChI=1S/C25H24N8O/c1-5-33-22(17-10-27-15(4)28-11-17)32-21-20(29-13-30-23(21)33)16-6-7-19-18(8-16)25(12-26,9-14(2)3)24(34)31-19/h6-8,10-11,13-14H,5,9H2,1-4H3,(H,31,34). The van der Waals surface area contributed by atoms with Gasteiger partial charge in [-0.1, -0.05) is 19.9 Å². The van der Waals surface area contributed by atoms with Gasteiger partial charge in [-0.15, -0.1) is 0 Å². The van der Waals surface area contributed by atoms with Crippen LogP contribution in [0.4, 0.5) is 5.69 Å². The second-order valence-electron chi connectivity index (χ2n) is 8.92. The SMILES string of the molecule is CCn1c(-c2cnc(C)nc2)nc2c(-c3ccc4c(c3)C(C#N)(CC(C)C)C(=O)N4)ncnc21. The van der Waals surface area contributed by atoms with Crippen LogP contribution in [0.3, 0.4) is 0 Å². The second-order valence-corrected chi connectivity index (χ2v) is 8.92. The summed E-state index contributed by atoms with van der Waals surface area (Å²) < 4.78 is 2.01. The molecule has 0 radical (unpaired) electrons. The van der Waals surface area contributed by atoms with Crippen LogP contribution >= 0.6 is 0 Å². The summed E-state index contributed by atoms with van der Waals surface area (Å²) in [6.45, 7) is 8.54. The van der Waals surface area contributed by atoms with Crippen molar-refractivity contribution < 1.29 is 4.79 Å². The fraction of sp³-hybridized carbons (Fsp3) is 0.320. The fourth-order valence-corrected chi connectivity index (χ4v) is 4.65. The van der Waals surface area contributed by atoms with Crippen molar-refractivity contribution in [3.05, 3.63) is 48.3 Å². The predicted octanol–water partition coefficient (Wildman–Crippen LogP) is 4.04. The highest BCUT2D eigenvalue weighted by Gasteiger charge is 2.47. The van der Waals surface area contributed by atoms with Gasteiger partial charge in [0, 0.05) is 35.8 Å². The molecule has 1 atom stereocenters. The lowest BCUT2D eigenvalue weighted by molar-refractivity contribution is -0.119. The second kappa shape index (κ2) is 7.99. The monoisotopic (exact) mass is 452 g/mol. The molecule has 9 nitrogen and oxygen atoms in total. The minimum atomic E-state index is -1.22. The van der Waals surface area contributed by atoms with Crippen molar-refractivity contribution in [3.8, 4) is 28.7 Å². The van der Waals surface area contributed by atoms with E-state index >= 15 is 0 Å². The first-order chi connectivity index (χ1) is 16.4. The molecule has 0 saturated heterocycles. The van der Waals surface area contributed by atoms with Gasteiger partial charge in [-0.3, -0.25) is 4.79 Å². The minimum Gasteiger partial charge on any atom is -0.324 e. The molecule has 0 bridgehead atoms. The number of imidazole rings is 1. The van der Waals surface area contributed by atoms with Gasteiger partial charge in [0.25, 0.3) is 0 Å². The average molecular weight is 453 g/mol. The van der Waals surface area contributed by atoms with Crippen LogP contribution in [0, 0.1) is 24.2 Å². The molecule has 4 heterocycles. The molecular formula is C25H24N8O. The lowest BCUT2D eigenvalue weighted by Crippen LogP contribution is -2.34. The number of anilines is 1. The quantitative estimate of drug-likeness (QED) is 0.485. The van der Waals surface area contributed by atoms with Crippen LogP contribution in [0.15, 0.2) is 36.9 Å². The third-order valence-electron chi connectivity index (χ3n) is 6.18. The highest BCUT2D eigenvalue weighted by molar-refractivity contribution is 6.09. The molecule has 1 aliphatic heterocycles. The highest BCUT2D eigenvalue weighted by Crippen LogP contribution is 2.44. The summed E-state index contributed by atoms with van der Waals surface area (Å²) in [4.78, 5) is 35.4. The summed E-state index contributed by atoms with van der Waals surface area (Å²) in [5.74, 6) is 1.29. The summed E-state index contributed by atoms with van der Waals surface area (Å²) in [6, 6.07) is 7.92. The van der Waals surface area contributed by atoms with Crippen molar-refractivity contribution in [2.45, 2.75) is 46.1 Å². The first-order valence-electron chi connectivity index (χ1n) is 11.3. The number of nitriles is 1. The lowest BCUT2D eigenvalue weighted by Gasteiger charge is -2.21. The van der Waals surface area contributed by atoms with Gasteiger partial charge in [0.1, 0.15) is 29.2 Å². The molecule has 1 unspecified atom stereocenters. The maximum atomic E-state index is 12.9. The number of carbonyl (C=O) groups excluding carboxylic acids is 1. The van der Waals surface area contributed by atoms with Crippen LogP contribution in [-0.4, -0.2) is 35.4 Å². The largest absolute Gasteiger partial charge is 0.324 e. The van der Waals surface area contributed by atoms with Gasteiger partial charge in [-0.05, 0) is 38.3 Å². The molecule has 34 heavy (non-hydrogen) atoms. The Morgan fingerprint density at radius 2 is 1.91 bits per heavy atom. The van der Waals surface area contributed by atoms with Gasteiger partial charge in [-0.2, -0.15) is 5.26 Å². The zero-order valence-corrected chi connectivity index (χ0v) is 19.5. The fourth-order valence-electron chi connectivity index (χ4n) is 4.65. The number of rotatable bonds is 5. The van der Waals surface area contributed by atoms with E-state index in [1.165, 1.54) is 6.33 Å². The number of nitrogens with one attached hydrogen (secondary N) is 1. The number of aryl methyl sites for hydroxylation is 2. The van der Waals surface area contributed by atoms with Gasteiger partial charge in [0.2, 0.25) is 5.91 Å². The lowest BCUT2D eigenvalue weighted by atomic mass is 9.76. The molecular weight excluding hydrogens is 428 g/mol. The number of carbonyl (C=O) groups is 1. The van der Waals surface area contributed by atoms with Crippen molar-refractivity contribution in [2.75, 3.05) is 5.32 Å². The molecule has 9 heteroatoms. The zero-order valence-electron chi connectivity index (χ0n) is 19.5.